The number of guanidine groups is 1. The van der Waals surface area contributed by atoms with Gasteiger partial charge in [-0.2, -0.15) is 0 Å². The summed E-state index contributed by atoms with van der Waals surface area (Å²) in [6.07, 6.45) is 2.59. The predicted molar refractivity (Wildman–Crippen MR) is 94.2 cm³/mol. The van der Waals surface area contributed by atoms with Gasteiger partial charge in [0.1, 0.15) is 0 Å². The second-order valence-corrected chi connectivity index (χ2v) is 5.96. The van der Waals surface area contributed by atoms with E-state index in [0.29, 0.717) is 12.4 Å². The van der Waals surface area contributed by atoms with Crippen LogP contribution in [-0.4, -0.2) is 36.1 Å². The molecule has 0 bridgehead atoms. The van der Waals surface area contributed by atoms with Gasteiger partial charge in [0.25, 0.3) is 0 Å². The van der Waals surface area contributed by atoms with Crippen molar-refractivity contribution >= 4 is 17.3 Å². The molecule has 0 atom stereocenters. The molecule has 0 spiro atoms. The summed E-state index contributed by atoms with van der Waals surface area (Å²) >= 11 is 1.68. The Morgan fingerprint density at radius 3 is 2.96 bits per heavy atom. The van der Waals surface area contributed by atoms with E-state index < -0.39 is 0 Å². The lowest BCUT2D eigenvalue weighted by Crippen LogP contribution is -2.38. The third-order valence-electron chi connectivity index (χ3n) is 3.14. The lowest BCUT2D eigenvalue weighted by Gasteiger charge is -2.11. The monoisotopic (exact) mass is 333 g/mol. The minimum atomic E-state index is 0.516. The van der Waals surface area contributed by atoms with Gasteiger partial charge in [0, 0.05) is 36.7 Å². The number of hydrogen-bond acceptors (Lipinski definition) is 5. The lowest BCUT2D eigenvalue weighted by molar-refractivity contribution is 0.392. The van der Waals surface area contributed by atoms with Gasteiger partial charge in [-0.15, -0.1) is 11.3 Å². The summed E-state index contributed by atoms with van der Waals surface area (Å²) in [6.45, 7) is 6.19. The lowest BCUT2D eigenvalue weighted by atomic mass is 10.3. The topological polar surface area (TPSA) is 71.4 Å². The molecule has 23 heavy (non-hydrogen) atoms. The quantitative estimate of drug-likeness (QED) is 0.600. The number of methoxy groups -OCH3 is 1. The van der Waals surface area contributed by atoms with E-state index in [-0.39, 0.29) is 0 Å². The van der Waals surface area contributed by atoms with Gasteiger partial charge in [-0.3, -0.25) is 0 Å². The molecule has 0 aliphatic carbocycles. The highest BCUT2D eigenvalue weighted by Gasteiger charge is 2.04. The average Bonchev–Trinajstić information content (AvgIpc) is 2.98. The van der Waals surface area contributed by atoms with Crippen molar-refractivity contribution in [2.24, 2.45) is 4.99 Å². The molecule has 6 nitrogen and oxygen atoms in total. The molecule has 2 rings (SSSR count). The van der Waals surface area contributed by atoms with Crippen molar-refractivity contribution in [1.29, 1.82) is 0 Å². The van der Waals surface area contributed by atoms with Gasteiger partial charge >= 0.3 is 0 Å². The third kappa shape index (κ3) is 5.52. The van der Waals surface area contributed by atoms with Crippen molar-refractivity contribution in [2.45, 2.75) is 26.8 Å². The number of nitrogens with one attached hydrogen (secondary N) is 2. The van der Waals surface area contributed by atoms with E-state index in [1.807, 2.05) is 26.0 Å². The average molecular weight is 333 g/mol. The Labute approximate surface area is 141 Å². The van der Waals surface area contributed by atoms with Crippen LogP contribution in [0, 0.1) is 6.92 Å². The number of pyridine rings is 1. The zero-order valence-electron chi connectivity index (χ0n) is 13.8. The van der Waals surface area contributed by atoms with Gasteiger partial charge in [0.15, 0.2) is 5.96 Å². The van der Waals surface area contributed by atoms with E-state index in [1.165, 1.54) is 0 Å². The zero-order valence-corrected chi connectivity index (χ0v) is 14.6. The summed E-state index contributed by atoms with van der Waals surface area (Å²) in [5.41, 5.74) is 2.08. The summed E-state index contributed by atoms with van der Waals surface area (Å²) in [5, 5.41) is 9.77. The molecule has 2 aromatic rings. The summed E-state index contributed by atoms with van der Waals surface area (Å²) < 4.78 is 5.25. The van der Waals surface area contributed by atoms with Crippen LogP contribution in [0.5, 0.6) is 5.88 Å². The number of nitrogens with zero attached hydrogens (tertiary/aromatic N) is 3. The summed E-state index contributed by atoms with van der Waals surface area (Å²) in [5.74, 6) is 1.40. The maximum Gasteiger partial charge on any atom is 0.218 e. The van der Waals surface area contributed by atoms with Crippen LogP contribution in [0.1, 0.15) is 23.2 Å². The fraction of sp³-hybridized carbons (Fsp3) is 0.438. The molecule has 0 saturated carbocycles. The summed E-state index contributed by atoms with van der Waals surface area (Å²) in [7, 11) is 1.62. The predicted octanol–water partition coefficient (Wildman–Crippen LogP) is 2.15. The third-order valence-corrected chi connectivity index (χ3v) is 3.96. The summed E-state index contributed by atoms with van der Waals surface area (Å²) in [6, 6.07) is 3.86. The Bertz CT molecular complexity index is 641. The Kier molecular flexibility index (Phi) is 6.80. The molecule has 2 heterocycles. The first-order valence-electron chi connectivity index (χ1n) is 7.64. The van der Waals surface area contributed by atoms with E-state index in [4.69, 9.17) is 4.74 Å². The highest BCUT2D eigenvalue weighted by atomic mass is 32.1. The van der Waals surface area contributed by atoms with Crippen molar-refractivity contribution < 1.29 is 4.74 Å². The maximum absolute atomic E-state index is 5.25. The van der Waals surface area contributed by atoms with Crippen LogP contribution in [0.25, 0.3) is 0 Å². The summed E-state index contributed by atoms with van der Waals surface area (Å²) in [4.78, 5) is 13.2. The molecule has 0 aliphatic heterocycles. The molecular weight excluding hydrogens is 310 g/mol. The second kappa shape index (κ2) is 9.09. The van der Waals surface area contributed by atoms with E-state index in [1.54, 1.807) is 24.6 Å². The number of thiazole rings is 1. The minimum Gasteiger partial charge on any atom is -0.481 e. The standard InChI is InChI=1S/C16H23N5OS/c1-4-17-16(19-9-7-14-11-23-12(2)21-14)20-10-13-6-5-8-18-15(13)22-3/h5-6,8,11H,4,7,9-10H2,1-3H3,(H2,17,19,20). The molecule has 124 valence electrons. The number of ether oxygens (including phenoxy) is 1. The van der Waals surface area contributed by atoms with Crippen LogP contribution in [0.15, 0.2) is 28.7 Å². The number of hydrogen-bond donors (Lipinski definition) is 2. The maximum atomic E-state index is 5.25. The van der Waals surface area contributed by atoms with Crippen LogP contribution in [0.4, 0.5) is 0 Å². The highest BCUT2D eigenvalue weighted by molar-refractivity contribution is 7.09. The largest absolute Gasteiger partial charge is 0.481 e. The normalized spacial score (nSPS) is 11.3. The van der Waals surface area contributed by atoms with Crippen LogP contribution in [0.3, 0.4) is 0 Å². The number of aryl methyl sites for hydroxylation is 1. The Hall–Kier alpha value is -2.15. The van der Waals surface area contributed by atoms with E-state index in [2.05, 4.69) is 31.0 Å². The highest BCUT2D eigenvalue weighted by Crippen LogP contribution is 2.14. The second-order valence-electron chi connectivity index (χ2n) is 4.90. The Morgan fingerprint density at radius 1 is 1.39 bits per heavy atom. The number of rotatable bonds is 7. The molecule has 2 N–H and O–H groups in total. The van der Waals surface area contributed by atoms with E-state index in [9.17, 15) is 0 Å². The molecule has 0 unspecified atom stereocenters. The fourth-order valence-electron chi connectivity index (χ4n) is 2.07. The van der Waals surface area contributed by atoms with Gasteiger partial charge in [-0.25, -0.2) is 15.0 Å². The Morgan fingerprint density at radius 2 is 2.26 bits per heavy atom. The molecule has 0 amide bonds. The molecule has 0 radical (unpaired) electrons. The van der Waals surface area contributed by atoms with Crippen molar-refractivity contribution in [3.63, 3.8) is 0 Å². The zero-order chi connectivity index (χ0) is 16.5. The van der Waals surface area contributed by atoms with Gasteiger partial charge < -0.3 is 15.4 Å². The van der Waals surface area contributed by atoms with Gasteiger partial charge in [-0.05, 0) is 19.9 Å². The fourth-order valence-corrected chi connectivity index (χ4v) is 2.71. The van der Waals surface area contributed by atoms with Crippen molar-refractivity contribution in [3.05, 3.63) is 40.0 Å². The molecule has 0 aliphatic rings. The van der Waals surface area contributed by atoms with Crippen LogP contribution < -0.4 is 15.4 Å². The SMILES string of the molecule is CCNC(=NCc1cccnc1OC)NCCc1csc(C)n1. The van der Waals surface area contributed by atoms with Gasteiger partial charge in [0.2, 0.25) is 5.88 Å². The Balaban J connectivity index is 1.91. The van der Waals surface area contributed by atoms with Gasteiger partial charge in [-0.1, -0.05) is 6.07 Å². The first kappa shape index (κ1) is 17.2. The van der Waals surface area contributed by atoms with E-state index in [0.717, 1.165) is 41.7 Å². The van der Waals surface area contributed by atoms with Crippen molar-refractivity contribution in [2.75, 3.05) is 20.2 Å². The van der Waals surface area contributed by atoms with E-state index >= 15 is 0 Å². The number of aromatic nitrogens is 2. The van der Waals surface area contributed by atoms with Gasteiger partial charge in [0.05, 0.1) is 24.4 Å². The van der Waals surface area contributed by atoms with Crippen LogP contribution in [0.2, 0.25) is 0 Å². The van der Waals surface area contributed by atoms with Crippen molar-refractivity contribution in [3.8, 4) is 5.88 Å². The number of aliphatic imine (C=N–C) groups is 1. The van der Waals surface area contributed by atoms with Crippen LogP contribution >= 0.6 is 11.3 Å². The molecular formula is C16H23N5OS. The van der Waals surface area contributed by atoms with Crippen LogP contribution in [-0.2, 0) is 13.0 Å². The van der Waals surface area contributed by atoms with Crippen molar-refractivity contribution in [1.82, 2.24) is 20.6 Å². The smallest absolute Gasteiger partial charge is 0.218 e. The molecule has 7 heteroatoms. The first-order valence-corrected chi connectivity index (χ1v) is 8.52. The molecule has 0 fully saturated rings. The minimum absolute atomic E-state index is 0.516. The molecule has 0 aromatic carbocycles. The molecule has 0 saturated heterocycles. The molecule has 2 aromatic heterocycles. The first-order chi connectivity index (χ1) is 11.2.